The maximum atomic E-state index is 14.1. The van der Waals surface area contributed by atoms with E-state index in [1.54, 1.807) is 27.0 Å². The molecular weight excluding hydrogens is 449 g/mol. The second-order valence-electron chi connectivity index (χ2n) is 10.9. The summed E-state index contributed by atoms with van der Waals surface area (Å²) in [7, 11) is 1.70. The van der Waals surface area contributed by atoms with Crippen molar-refractivity contribution in [3.05, 3.63) is 35.8 Å². The number of hydrogen-bond donors (Lipinski definition) is 3. The Morgan fingerprint density at radius 1 is 1.20 bits per heavy atom. The first kappa shape index (κ1) is 25.2. The third kappa shape index (κ3) is 4.53. The number of carbonyl (C=O) groups is 3. The van der Waals surface area contributed by atoms with Crippen molar-refractivity contribution in [3.63, 3.8) is 0 Å². The Kier molecular flexibility index (Phi) is 6.66. The molecule has 8 nitrogen and oxygen atoms in total. The van der Waals surface area contributed by atoms with E-state index in [1.165, 1.54) is 12.1 Å². The first-order valence-electron chi connectivity index (χ1n) is 12.3. The molecule has 5 atom stereocenters. The van der Waals surface area contributed by atoms with Gasteiger partial charge >= 0.3 is 0 Å². The molecule has 2 saturated heterocycles. The Bertz CT molecular complexity index is 1140. The SMILES string of the molecule is CNC(C)C(=O)NC(C(=O)N1CCC2C1C(c1c[nH]c3ccc(F)cc13)CN2C(C)=O)C(C)(C)C. The van der Waals surface area contributed by atoms with E-state index in [1.807, 2.05) is 36.8 Å². The predicted octanol–water partition coefficient (Wildman–Crippen LogP) is 2.36. The molecule has 3 N–H and O–H groups in total. The van der Waals surface area contributed by atoms with Crippen molar-refractivity contribution in [1.82, 2.24) is 25.4 Å². The van der Waals surface area contributed by atoms with E-state index >= 15 is 0 Å². The molecule has 4 rings (SSSR count). The van der Waals surface area contributed by atoms with E-state index in [0.29, 0.717) is 19.5 Å². The Hall–Kier alpha value is -2.94. The van der Waals surface area contributed by atoms with Crippen LogP contribution in [-0.2, 0) is 14.4 Å². The van der Waals surface area contributed by atoms with Crippen LogP contribution in [0.1, 0.15) is 52.5 Å². The highest BCUT2D eigenvalue weighted by Gasteiger charge is 2.53. The van der Waals surface area contributed by atoms with Crippen molar-refractivity contribution >= 4 is 28.6 Å². The van der Waals surface area contributed by atoms with Crippen LogP contribution in [0.5, 0.6) is 0 Å². The topological polar surface area (TPSA) is 97.5 Å². The number of benzene rings is 1. The number of likely N-dealkylation sites (tertiary alicyclic amines) is 2. The Labute approximate surface area is 205 Å². The Morgan fingerprint density at radius 2 is 1.91 bits per heavy atom. The maximum absolute atomic E-state index is 14.1. The summed E-state index contributed by atoms with van der Waals surface area (Å²) in [6, 6.07) is 3.09. The molecule has 1 aromatic carbocycles. The quantitative estimate of drug-likeness (QED) is 0.606. The summed E-state index contributed by atoms with van der Waals surface area (Å²) in [5, 5.41) is 6.64. The second-order valence-corrected chi connectivity index (χ2v) is 10.9. The lowest BCUT2D eigenvalue weighted by atomic mass is 9.84. The van der Waals surface area contributed by atoms with E-state index in [4.69, 9.17) is 0 Å². The fourth-order valence-corrected chi connectivity index (χ4v) is 5.62. The van der Waals surface area contributed by atoms with Crippen LogP contribution in [0.2, 0.25) is 0 Å². The maximum Gasteiger partial charge on any atom is 0.246 e. The number of likely N-dealkylation sites (N-methyl/N-ethyl adjacent to an activating group) is 1. The molecule has 35 heavy (non-hydrogen) atoms. The number of nitrogens with one attached hydrogen (secondary N) is 3. The van der Waals surface area contributed by atoms with E-state index in [0.717, 1.165) is 16.5 Å². The summed E-state index contributed by atoms with van der Waals surface area (Å²) in [4.78, 5) is 46.2. The third-order valence-electron chi connectivity index (χ3n) is 7.61. The minimum Gasteiger partial charge on any atom is -0.361 e. The molecule has 190 valence electrons. The molecule has 0 aliphatic carbocycles. The summed E-state index contributed by atoms with van der Waals surface area (Å²) >= 11 is 0. The van der Waals surface area contributed by atoms with Crippen molar-refractivity contribution in [2.24, 2.45) is 5.41 Å². The van der Waals surface area contributed by atoms with Gasteiger partial charge in [-0.25, -0.2) is 4.39 Å². The van der Waals surface area contributed by atoms with E-state index in [2.05, 4.69) is 15.6 Å². The van der Waals surface area contributed by atoms with Crippen molar-refractivity contribution < 1.29 is 18.8 Å². The van der Waals surface area contributed by atoms with Gasteiger partial charge in [-0.3, -0.25) is 14.4 Å². The summed E-state index contributed by atoms with van der Waals surface area (Å²) in [6.07, 6.45) is 2.54. The van der Waals surface area contributed by atoms with Gasteiger partial charge in [0.15, 0.2) is 0 Å². The van der Waals surface area contributed by atoms with E-state index in [9.17, 15) is 18.8 Å². The molecule has 1 aromatic heterocycles. The van der Waals surface area contributed by atoms with Crippen LogP contribution in [-0.4, -0.2) is 76.8 Å². The van der Waals surface area contributed by atoms with Crippen LogP contribution >= 0.6 is 0 Å². The van der Waals surface area contributed by atoms with Crippen LogP contribution in [0.4, 0.5) is 4.39 Å². The van der Waals surface area contributed by atoms with Crippen molar-refractivity contribution in [2.45, 2.75) is 71.1 Å². The van der Waals surface area contributed by atoms with Crippen molar-refractivity contribution in [1.29, 1.82) is 0 Å². The van der Waals surface area contributed by atoms with Gasteiger partial charge in [-0.1, -0.05) is 20.8 Å². The van der Waals surface area contributed by atoms with Gasteiger partial charge in [-0.05, 0) is 49.6 Å². The first-order chi connectivity index (χ1) is 16.4. The second kappa shape index (κ2) is 9.26. The largest absolute Gasteiger partial charge is 0.361 e. The zero-order chi connectivity index (χ0) is 25.7. The zero-order valence-corrected chi connectivity index (χ0v) is 21.3. The number of aromatic nitrogens is 1. The minimum absolute atomic E-state index is 0.0358. The average Bonchev–Trinajstić information content (AvgIpc) is 3.49. The normalized spacial score (nSPS) is 23.9. The van der Waals surface area contributed by atoms with Gasteiger partial charge in [0.05, 0.1) is 18.1 Å². The first-order valence-corrected chi connectivity index (χ1v) is 12.3. The summed E-state index contributed by atoms with van der Waals surface area (Å²) < 4.78 is 14.1. The number of hydrogen-bond acceptors (Lipinski definition) is 4. The molecule has 0 radical (unpaired) electrons. The summed E-state index contributed by atoms with van der Waals surface area (Å²) in [6.45, 7) is 10.1. The third-order valence-corrected chi connectivity index (χ3v) is 7.61. The molecule has 2 aromatic rings. The average molecular weight is 486 g/mol. The van der Waals surface area contributed by atoms with Crippen molar-refractivity contribution in [3.8, 4) is 0 Å². The number of aromatic amines is 1. The molecule has 3 amide bonds. The van der Waals surface area contributed by atoms with Gasteiger partial charge in [0.25, 0.3) is 0 Å². The van der Waals surface area contributed by atoms with Gasteiger partial charge in [-0.2, -0.15) is 0 Å². The number of amides is 3. The number of nitrogens with zero attached hydrogens (tertiary/aromatic N) is 2. The number of rotatable bonds is 5. The molecule has 2 aliphatic heterocycles. The number of carbonyl (C=O) groups excluding carboxylic acids is 3. The van der Waals surface area contributed by atoms with Crippen LogP contribution in [0.15, 0.2) is 24.4 Å². The van der Waals surface area contributed by atoms with Gasteiger partial charge in [-0.15, -0.1) is 0 Å². The molecule has 9 heteroatoms. The van der Waals surface area contributed by atoms with Gasteiger partial charge in [0, 0.05) is 43.0 Å². The van der Waals surface area contributed by atoms with Crippen LogP contribution in [0, 0.1) is 11.2 Å². The summed E-state index contributed by atoms with van der Waals surface area (Å²) in [5.74, 6) is -0.922. The van der Waals surface area contributed by atoms with E-state index < -0.39 is 17.5 Å². The molecule has 0 saturated carbocycles. The fraction of sp³-hybridized carbons (Fsp3) is 0.577. The Morgan fingerprint density at radius 3 is 2.54 bits per heavy atom. The highest BCUT2D eigenvalue weighted by atomic mass is 19.1. The monoisotopic (exact) mass is 485 g/mol. The number of fused-ring (bicyclic) bond motifs is 2. The molecular formula is C26H36FN5O3. The van der Waals surface area contributed by atoms with E-state index in [-0.39, 0.29) is 41.5 Å². The van der Waals surface area contributed by atoms with Gasteiger partial charge in [0.1, 0.15) is 11.9 Å². The molecule has 2 aliphatic rings. The fourth-order valence-electron chi connectivity index (χ4n) is 5.62. The highest BCUT2D eigenvalue weighted by Crippen LogP contribution is 2.43. The van der Waals surface area contributed by atoms with Crippen molar-refractivity contribution in [2.75, 3.05) is 20.1 Å². The van der Waals surface area contributed by atoms with Crippen LogP contribution in [0.3, 0.4) is 0 Å². The number of H-pyrrole nitrogens is 1. The highest BCUT2D eigenvalue weighted by molar-refractivity contribution is 5.91. The van der Waals surface area contributed by atoms with Gasteiger partial charge < -0.3 is 25.4 Å². The van der Waals surface area contributed by atoms with Crippen LogP contribution in [0.25, 0.3) is 10.9 Å². The lowest BCUT2D eigenvalue weighted by molar-refractivity contribution is -0.141. The predicted molar refractivity (Wildman–Crippen MR) is 132 cm³/mol. The molecule has 3 heterocycles. The minimum atomic E-state index is -0.725. The summed E-state index contributed by atoms with van der Waals surface area (Å²) in [5.41, 5.74) is 1.20. The lowest BCUT2D eigenvalue weighted by Crippen LogP contribution is -2.59. The standard InChI is InChI=1S/C26H36FN5O3/c1-14(28-6)24(34)30-23(26(3,4)5)25(35)31-10-9-21-22(31)19(13-32(21)15(2)33)18-12-29-20-8-7-16(27)11-17(18)20/h7-8,11-12,14,19,21-23,28-29H,9-10,13H2,1-6H3,(H,30,34). The zero-order valence-electron chi connectivity index (χ0n) is 21.3. The van der Waals surface area contributed by atoms with Crippen LogP contribution < -0.4 is 10.6 Å². The lowest BCUT2D eigenvalue weighted by Gasteiger charge is -2.37. The molecule has 0 spiro atoms. The Balaban J connectivity index is 1.71. The molecule has 0 bridgehead atoms. The van der Waals surface area contributed by atoms with Gasteiger partial charge in [0.2, 0.25) is 17.7 Å². The molecule has 2 fully saturated rings. The number of halogens is 1. The molecule has 5 unspecified atom stereocenters. The smallest absolute Gasteiger partial charge is 0.246 e.